The first kappa shape index (κ1) is 97.5. The van der Waals surface area contributed by atoms with Gasteiger partial charge in [0.05, 0.1) is 26.4 Å². The largest absolute Gasteiger partial charge is 0.472 e. The summed E-state index contributed by atoms with van der Waals surface area (Å²) in [5, 5.41) is 10.6. The van der Waals surface area contributed by atoms with E-state index in [4.69, 9.17) is 37.0 Å². The smallest absolute Gasteiger partial charge is 0.462 e. The molecule has 0 radical (unpaired) electrons. The van der Waals surface area contributed by atoms with Crippen LogP contribution in [0.15, 0.2) is 122 Å². The molecule has 0 aromatic heterocycles. The lowest BCUT2D eigenvalue weighted by molar-refractivity contribution is -0.161. The first-order valence-corrected chi connectivity index (χ1v) is 42.8. The molecular formula is C83H142O17P2. The summed E-state index contributed by atoms with van der Waals surface area (Å²) >= 11 is 0. The first-order valence-electron chi connectivity index (χ1n) is 39.8. The van der Waals surface area contributed by atoms with Crippen LogP contribution in [0.25, 0.3) is 0 Å². The molecule has 0 aliphatic heterocycles. The normalized spacial score (nSPS) is 14.5. The Morgan fingerprint density at radius 1 is 0.284 bits per heavy atom. The molecule has 3 N–H and O–H groups in total. The molecule has 0 spiro atoms. The summed E-state index contributed by atoms with van der Waals surface area (Å²) in [5.74, 6) is -2.29. The number of unbranched alkanes of at least 4 members (excludes halogenated alkanes) is 28. The van der Waals surface area contributed by atoms with Crippen molar-refractivity contribution in [2.75, 3.05) is 39.6 Å². The van der Waals surface area contributed by atoms with Gasteiger partial charge in [0.2, 0.25) is 0 Å². The monoisotopic (exact) mass is 1470 g/mol. The van der Waals surface area contributed by atoms with Gasteiger partial charge < -0.3 is 33.8 Å². The Morgan fingerprint density at radius 2 is 0.529 bits per heavy atom. The van der Waals surface area contributed by atoms with Crippen LogP contribution in [0.4, 0.5) is 0 Å². The number of hydrogen-bond acceptors (Lipinski definition) is 15. The van der Waals surface area contributed by atoms with Crippen molar-refractivity contribution < 1.29 is 80.2 Å². The Morgan fingerprint density at radius 3 is 0.882 bits per heavy atom. The van der Waals surface area contributed by atoms with E-state index in [1.807, 2.05) is 18.2 Å². The van der Waals surface area contributed by atoms with Crippen LogP contribution < -0.4 is 0 Å². The number of allylic oxidation sites excluding steroid dienone is 20. The predicted octanol–water partition coefficient (Wildman–Crippen LogP) is 23.1. The number of phosphoric acid groups is 2. The van der Waals surface area contributed by atoms with Gasteiger partial charge in [-0.3, -0.25) is 37.3 Å². The molecule has 17 nitrogen and oxygen atoms in total. The molecule has 0 fully saturated rings. The van der Waals surface area contributed by atoms with E-state index in [1.165, 1.54) is 83.5 Å². The number of carbonyl (C=O) groups excluding carboxylic acids is 4. The van der Waals surface area contributed by atoms with Crippen LogP contribution in [0.3, 0.4) is 0 Å². The summed E-state index contributed by atoms with van der Waals surface area (Å²) in [6.45, 7) is 4.62. The maximum atomic E-state index is 13.1. The summed E-state index contributed by atoms with van der Waals surface area (Å²) in [6.07, 6.45) is 82.0. The van der Waals surface area contributed by atoms with Gasteiger partial charge in [0.25, 0.3) is 0 Å². The van der Waals surface area contributed by atoms with Gasteiger partial charge in [0, 0.05) is 25.7 Å². The molecule has 0 aliphatic carbocycles. The third kappa shape index (κ3) is 73.8. The lowest BCUT2D eigenvalue weighted by Gasteiger charge is -2.21. The van der Waals surface area contributed by atoms with E-state index in [0.717, 1.165) is 154 Å². The van der Waals surface area contributed by atoms with Crippen molar-refractivity contribution in [3.63, 3.8) is 0 Å². The topological polar surface area (TPSA) is 237 Å². The van der Waals surface area contributed by atoms with Crippen LogP contribution in [0, 0.1) is 0 Å². The van der Waals surface area contributed by atoms with Gasteiger partial charge in [-0.05, 0) is 128 Å². The van der Waals surface area contributed by atoms with Gasteiger partial charge in [-0.2, -0.15) is 0 Å². The molecule has 0 aromatic rings. The Balaban J connectivity index is 5.37. The Hall–Kier alpha value is -4.54. The number of aliphatic hydroxyl groups excluding tert-OH is 1. The van der Waals surface area contributed by atoms with E-state index < -0.39 is 97.5 Å². The molecule has 5 atom stereocenters. The molecule has 0 saturated carbocycles. The van der Waals surface area contributed by atoms with Gasteiger partial charge in [-0.25, -0.2) is 9.13 Å². The van der Waals surface area contributed by atoms with E-state index in [-0.39, 0.29) is 25.7 Å². The van der Waals surface area contributed by atoms with E-state index in [0.29, 0.717) is 32.1 Å². The van der Waals surface area contributed by atoms with Crippen LogP contribution in [-0.2, 0) is 65.4 Å². The average Bonchev–Trinajstić information content (AvgIpc) is 0.928. The molecule has 5 unspecified atom stereocenters. The summed E-state index contributed by atoms with van der Waals surface area (Å²) < 4.78 is 68.4. The van der Waals surface area contributed by atoms with Gasteiger partial charge >= 0.3 is 39.5 Å². The highest BCUT2D eigenvalue weighted by Gasteiger charge is 2.30. The van der Waals surface area contributed by atoms with Crippen molar-refractivity contribution in [2.24, 2.45) is 0 Å². The summed E-state index contributed by atoms with van der Waals surface area (Å²) in [4.78, 5) is 72.9. The predicted molar refractivity (Wildman–Crippen MR) is 418 cm³/mol. The highest BCUT2D eigenvalue weighted by molar-refractivity contribution is 7.47. The molecule has 0 saturated heterocycles. The second-order valence-corrected chi connectivity index (χ2v) is 29.2. The molecule has 102 heavy (non-hydrogen) atoms. The number of rotatable bonds is 74. The minimum atomic E-state index is -4.99. The van der Waals surface area contributed by atoms with Crippen molar-refractivity contribution in [2.45, 2.75) is 341 Å². The number of phosphoric ester groups is 2. The molecule has 19 heteroatoms. The molecule has 0 heterocycles. The van der Waals surface area contributed by atoms with Crippen LogP contribution in [0.2, 0.25) is 0 Å². The Kier molecular flexibility index (Phi) is 71.4. The fourth-order valence-corrected chi connectivity index (χ4v) is 11.9. The summed E-state index contributed by atoms with van der Waals surface area (Å²) in [6, 6.07) is 0. The molecule has 0 aliphatic rings. The molecule has 0 rings (SSSR count). The lowest BCUT2D eigenvalue weighted by Crippen LogP contribution is -2.30. The minimum absolute atomic E-state index is 0.0360. The van der Waals surface area contributed by atoms with Gasteiger partial charge in [0.15, 0.2) is 12.2 Å². The van der Waals surface area contributed by atoms with Crippen LogP contribution in [0.5, 0.6) is 0 Å². The minimum Gasteiger partial charge on any atom is -0.462 e. The second kappa shape index (κ2) is 74.7. The van der Waals surface area contributed by atoms with Crippen molar-refractivity contribution in [3.05, 3.63) is 122 Å². The third-order valence-electron chi connectivity index (χ3n) is 16.4. The second-order valence-electron chi connectivity index (χ2n) is 26.3. The van der Waals surface area contributed by atoms with Gasteiger partial charge in [-0.15, -0.1) is 0 Å². The number of hydrogen-bond donors (Lipinski definition) is 3. The summed E-state index contributed by atoms with van der Waals surface area (Å²) in [5.41, 5.74) is 0. The van der Waals surface area contributed by atoms with E-state index >= 15 is 0 Å². The van der Waals surface area contributed by atoms with E-state index in [1.54, 1.807) is 0 Å². The van der Waals surface area contributed by atoms with Crippen LogP contribution in [0.1, 0.15) is 323 Å². The zero-order valence-corrected chi connectivity index (χ0v) is 65.8. The van der Waals surface area contributed by atoms with Crippen molar-refractivity contribution in [1.29, 1.82) is 0 Å². The van der Waals surface area contributed by atoms with Gasteiger partial charge in [-0.1, -0.05) is 290 Å². The van der Waals surface area contributed by atoms with Gasteiger partial charge in [0.1, 0.15) is 19.3 Å². The highest BCUT2D eigenvalue weighted by atomic mass is 31.2. The molecule has 0 aromatic carbocycles. The molecule has 0 bridgehead atoms. The first-order chi connectivity index (χ1) is 49.7. The quantitative estimate of drug-likeness (QED) is 0.0169. The van der Waals surface area contributed by atoms with E-state index in [2.05, 4.69) is 131 Å². The zero-order chi connectivity index (χ0) is 74.6. The van der Waals surface area contributed by atoms with E-state index in [9.17, 15) is 43.2 Å². The SMILES string of the molecule is CC/C=C\C/C=C\C/C=C\C/C=C\C/C=C\C/C=C\CCC(=O)OCC(COP(=O)(O)OCC(O)COP(=O)(O)OCC(COC(=O)CCCCCCCC/C=C\C/C=C\C/C=C\CCCCC)OC(=O)CCCCCCC/C=C\CCCCCC)OC(=O)CCCCCCCCCCCCC. The molecule has 0 amide bonds. The van der Waals surface area contributed by atoms with Crippen molar-refractivity contribution >= 4 is 39.5 Å². The number of aliphatic hydroxyl groups is 1. The zero-order valence-electron chi connectivity index (χ0n) is 64.0. The Bertz CT molecular complexity index is 2410. The Labute approximate surface area is 619 Å². The standard InChI is InChI=1S/C83H142O17P2/c1-5-9-13-17-21-25-29-32-34-36-38-40-42-45-48-51-55-59-63-67-80(85)93-73-78(99-82(87)69-65-61-57-53-47-28-24-20-16-12-8-4)75-97-101(89,90)95-71-77(84)72-96-102(91,92)98-76-79(100-83(88)70-66-62-58-54-50-44-31-27-23-19-15-11-7-3)74-94-81(86)68-64-60-56-52-49-46-43-41-39-37-35-33-30-26-22-18-14-10-6-2/h9,13,21-22,25-27,31-35,38-41,45,48,55,59,77-79,84H,5-8,10-12,14-20,23-24,28-30,36-37,42-44,46-47,49-54,56-58,60-76H2,1-4H3,(H,89,90)(H,91,92)/b13-9-,25-21-,26-22-,31-27-,34-32-,35-33-,40-38-,41-39-,48-45-,59-55-. The fraction of sp³-hybridized carbons (Fsp3) is 0.711. The number of esters is 4. The molecule has 586 valence electrons. The lowest BCUT2D eigenvalue weighted by atomic mass is 10.1. The maximum absolute atomic E-state index is 13.1. The number of ether oxygens (including phenoxy) is 4. The highest BCUT2D eigenvalue weighted by Crippen LogP contribution is 2.45. The van der Waals surface area contributed by atoms with Crippen molar-refractivity contribution in [1.82, 2.24) is 0 Å². The average molecular weight is 1470 g/mol. The fourth-order valence-electron chi connectivity index (χ4n) is 10.4. The van der Waals surface area contributed by atoms with Crippen molar-refractivity contribution in [3.8, 4) is 0 Å². The maximum Gasteiger partial charge on any atom is 0.472 e. The number of carbonyl (C=O) groups is 4. The molecular weight excluding hydrogens is 1330 g/mol. The third-order valence-corrected chi connectivity index (χ3v) is 18.3. The van der Waals surface area contributed by atoms with Crippen LogP contribution in [-0.4, -0.2) is 96.7 Å². The summed E-state index contributed by atoms with van der Waals surface area (Å²) in [7, 11) is -9.97. The van der Waals surface area contributed by atoms with Crippen LogP contribution >= 0.6 is 15.6 Å².